The molecule has 4 heterocycles. The van der Waals surface area contributed by atoms with Crippen LogP contribution in [0.25, 0.3) is 0 Å². The highest BCUT2D eigenvalue weighted by Crippen LogP contribution is 2.33. The minimum atomic E-state index is 0.343. The van der Waals surface area contributed by atoms with Gasteiger partial charge >= 0.3 is 0 Å². The highest BCUT2D eigenvalue weighted by molar-refractivity contribution is 5.55. The number of anilines is 2. The lowest BCUT2D eigenvalue weighted by molar-refractivity contribution is 0.244. The summed E-state index contributed by atoms with van der Waals surface area (Å²) in [6, 6.07) is 10.6. The van der Waals surface area contributed by atoms with Crippen molar-refractivity contribution in [3.63, 3.8) is 0 Å². The van der Waals surface area contributed by atoms with E-state index in [-0.39, 0.29) is 0 Å². The number of hydrogen-bond donors (Lipinski definition) is 1. The summed E-state index contributed by atoms with van der Waals surface area (Å²) < 4.78 is 2.07. The number of pyridine rings is 2. The average molecular weight is 377 g/mol. The van der Waals surface area contributed by atoms with Crippen LogP contribution in [0.2, 0.25) is 0 Å². The fraction of sp³-hybridized carbons (Fsp3) is 0.409. The molecule has 0 unspecified atom stereocenters. The molecule has 1 aliphatic heterocycles. The van der Waals surface area contributed by atoms with Crippen LogP contribution in [0.4, 0.5) is 11.6 Å². The highest BCUT2D eigenvalue weighted by Gasteiger charge is 2.28. The Morgan fingerprint density at radius 3 is 2.86 bits per heavy atom. The second-order valence-corrected chi connectivity index (χ2v) is 7.44. The minimum Gasteiger partial charge on any atom is -0.325 e. The minimum absolute atomic E-state index is 0.343. The van der Waals surface area contributed by atoms with E-state index >= 15 is 0 Å². The van der Waals surface area contributed by atoms with Gasteiger partial charge < -0.3 is 5.32 Å². The van der Waals surface area contributed by atoms with Crippen LogP contribution < -0.4 is 5.32 Å². The van der Waals surface area contributed by atoms with Gasteiger partial charge in [-0.3, -0.25) is 9.58 Å². The first kappa shape index (κ1) is 18.6. The lowest BCUT2D eigenvalue weighted by Gasteiger charge is -2.24. The van der Waals surface area contributed by atoms with E-state index < -0.39 is 0 Å². The van der Waals surface area contributed by atoms with Crippen molar-refractivity contribution in [1.29, 1.82) is 0 Å². The largest absolute Gasteiger partial charge is 0.325 e. The number of aryl methyl sites for hydroxylation is 2. The molecule has 28 heavy (non-hydrogen) atoms. The Balaban J connectivity index is 1.52. The van der Waals surface area contributed by atoms with Gasteiger partial charge in [0.25, 0.3) is 0 Å². The number of nitrogens with one attached hydrogen (secondary N) is 1. The molecule has 6 nitrogen and oxygen atoms in total. The first-order chi connectivity index (χ1) is 13.7. The topological polar surface area (TPSA) is 58.9 Å². The number of likely N-dealkylation sites (tertiary alicyclic amines) is 1. The molecule has 0 spiro atoms. The van der Waals surface area contributed by atoms with Gasteiger partial charge in [-0.25, -0.2) is 9.97 Å². The smallest absolute Gasteiger partial charge is 0.134 e. The predicted molar refractivity (Wildman–Crippen MR) is 112 cm³/mol. The molecule has 146 valence electrons. The quantitative estimate of drug-likeness (QED) is 0.691. The maximum absolute atomic E-state index is 4.91. The Morgan fingerprint density at radius 1 is 1.18 bits per heavy atom. The predicted octanol–water partition coefficient (Wildman–Crippen LogP) is 4.39. The Hall–Kier alpha value is -2.73. The lowest BCUT2D eigenvalue weighted by atomic mass is 10.1. The van der Waals surface area contributed by atoms with Crippen LogP contribution in [-0.4, -0.2) is 31.2 Å². The molecule has 4 rings (SSSR count). The van der Waals surface area contributed by atoms with Crippen LogP contribution in [0.1, 0.15) is 48.3 Å². The molecule has 1 aliphatic rings. The van der Waals surface area contributed by atoms with Gasteiger partial charge in [-0.05, 0) is 63.9 Å². The second kappa shape index (κ2) is 8.10. The van der Waals surface area contributed by atoms with E-state index in [4.69, 9.17) is 4.98 Å². The van der Waals surface area contributed by atoms with E-state index in [1.54, 1.807) is 6.20 Å². The molecule has 0 radical (unpaired) electrons. The molecule has 1 fully saturated rings. The molecule has 1 N–H and O–H groups in total. The lowest BCUT2D eigenvalue weighted by Crippen LogP contribution is -2.24. The third-order valence-corrected chi connectivity index (χ3v) is 5.61. The summed E-state index contributed by atoms with van der Waals surface area (Å²) in [5, 5.41) is 7.87. The van der Waals surface area contributed by atoms with Gasteiger partial charge in [-0.1, -0.05) is 12.1 Å². The van der Waals surface area contributed by atoms with Crippen LogP contribution in [0.3, 0.4) is 0 Å². The molecule has 3 aromatic rings. The summed E-state index contributed by atoms with van der Waals surface area (Å²) in [7, 11) is 0. The first-order valence-corrected chi connectivity index (χ1v) is 10.1. The number of rotatable bonds is 6. The fourth-order valence-corrected chi connectivity index (χ4v) is 3.97. The van der Waals surface area contributed by atoms with Crippen molar-refractivity contribution in [3.8, 4) is 0 Å². The van der Waals surface area contributed by atoms with Crippen LogP contribution in [0, 0.1) is 13.8 Å². The van der Waals surface area contributed by atoms with Crippen LogP contribution in [0.5, 0.6) is 0 Å². The van der Waals surface area contributed by atoms with E-state index in [0.717, 1.165) is 48.9 Å². The summed E-state index contributed by atoms with van der Waals surface area (Å²) in [5.74, 6) is 1.71. The zero-order valence-corrected chi connectivity index (χ0v) is 16.9. The van der Waals surface area contributed by atoms with Crippen molar-refractivity contribution in [3.05, 3.63) is 65.2 Å². The summed E-state index contributed by atoms with van der Waals surface area (Å²) in [4.78, 5) is 11.9. The van der Waals surface area contributed by atoms with Gasteiger partial charge in [-0.2, -0.15) is 5.10 Å². The molecule has 3 aromatic heterocycles. The van der Waals surface area contributed by atoms with Crippen molar-refractivity contribution < 1.29 is 0 Å². The second-order valence-electron chi connectivity index (χ2n) is 7.44. The molecule has 1 saturated heterocycles. The molecule has 0 aliphatic carbocycles. The summed E-state index contributed by atoms with van der Waals surface area (Å²) in [6.45, 7) is 9.28. The van der Waals surface area contributed by atoms with Gasteiger partial charge in [-0.15, -0.1) is 0 Å². The van der Waals surface area contributed by atoms with Crippen molar-refractivity contribution in [2.24, 2.45) is 0 Å². The Bertz CT molecular complexity index is 948. The van der Waals surface area contributed by atoms with Gasteiger partial charge in [0.05, 0.1) is 17.9 Å². The van der Waals surface area contributed by atoms with Crippen LogP contribution in [-0.2, 0) is 13.1 Å². The standard InChI is InChI=1S/C22H28N6/c1-4-28-17(3)18(14-24-28)15-27-13-7-10-20(27)19-9-5-11-21(25-19)26-22-16(2)8-6-12-23-22/h5-6,8-9,11-12,14,20H,4,7,10,13,15H2,1-3H3,(H,23,25,26)/t20-/m0/s1. The van der Waals surface area contributed by atoms with Gasteiger partial charge in [0.15, 0.2) is 0 Å². The molecular formula is C22H28N6. The summed E-state index contributed by atoms with van der Waals surface area (Å²) in [6.07, 6.45) is 6.16. The number of aromatic nitrogens is 4. The fourth-order valence-electron chi connectivity index (χ4n) is 3.97. The van der Waals surface area contributed by atoms with Crippen LogP contribution >= 0.6 is 0 Å². The van der Waals surface area contributed by atoms with Gasteiger partial charge in [0.2, 0.25) is 0 Å². The molecular weight excluding hydrogens is 348 g/mol. The van der Waals surface area contributed by atoms with E-state index in [2.05, 4.69) is 64.0 Å². The van der Waals surface area contributed by atoms with Crippen molar-refractivity contribution >= 4 is 11.6 Å². The number of hydrogen-bond acceptors (Lipinski definition) is 5. The maximum Gasteiger partial charge on any atom is 0.134 e. The highest BCUT2D eigenvalue weighted by atomic mass is 15.3. The van der Waals surface area contributed by atoms with E-state index in [9.17, 15) is 0 Å². The molecule has 0 bridgehead atoms. The Labute approximate surface area is 166 Å². The molecule has 0 saturated carbocycles. The van der Waals surface area contributed by atoms with Crippen LogP contribution in [0.15, 0.2) is 42.7 Å². The van der Waals surface area contributed by atoms with E-state index in [0.29, 0.717) is 6.04 Å². The van der Waals surface area contributed by atoms with Crippen molar-refractivity contribution in [1.82, 2.24) is 24.6 Å². The van der Waals surface area contributed by atoms with E-state index in [1.807, 2.05) is 18.3 Å². The Morgan fingerprint density at radius 2 is 2.07 bits per heavy atom. The van der Waals surface area contributed by atoms with E-state index in [1.165, 1.54) is 17.7 Å². The third kappa shape index (κ3) is 3.78. The van der Waals surface area contributed by atoms with Crippen molar-refractivity contribution in [2.75, 3.05) is 11.9 Å². The van der Waals surface area contributed by atoms with Crippen molar-refractivity contribution in [2.45, 2.75) is 52.7 Å². The zero-order valence-electron chi connectivity index (χ0n) is 16.9. The molecule has 0 aromatic carbocycles. The maximum atomic E-state index is 4.91. The summed E-state index contributed by atoms with van der Waals surface area (Å²) in [5.41, 5.74) is 4.81. The molecule has 6 heteroatoms. The SMILES string of the molecule is CCn1ncc(CN2CCC[C@H]2c2cccc(Nc3ncccc3C)n2)c1C. The summed E-state index contributed by atoms with van der Waals surface area (Å²) >= 11 is 0. The molecule has 0 amide bonds. The normalized spacial score (nSPS) is 17.2. The third-order valence-electron chi connectivity index (χ3n) is 5.61. The van der Waals surface area contributed by atoms with Gasteiger partial charge in [0.1, 0.15) is 11.6 Å². The molecule has 1 atom stereocenters. The number of nitrogens with zero attached hydrogens (tertiary/aromatic N) is 5. The monoisotopic (exact) mass is 376 g/mol. The average Bonchev–Trinajstić information content (AvgIpc) is 3.31. The first-order valence-electron chi connectivity index (χ1n) is 10.1. The van der Waals surface area contributed by atoms with Gasteiger partial charge in [0, 0.05) is 30.5 Å². The zero-order chi connectivity index (χ0) is 19.5. The Kier molecular flexibility index (Phi) is 5.39.